The summed E-state index contributed by atoms with van der Waals surface area (Å²) in [5.74, 6) is 0.468. The standard InChI is InChI=1S/C13H9.C13H13.C6H10.2ClH.Zr/c1-3-7-12-10(5-1)9-11-6-2-4-8-13(11)12;1-10-8-11(2)13(9-10)12-6-4-3-5-7-12;1-2-4-6-5-3-1;;;/h1-9H;3-7,9-10H,1-2H3;1-5H2;2*1H;/q2*-1;;;;+2/p-2. The fraction of sp³-hybridized carbons (Fsp3) is 0.250. The molecule has 2 aliphatic rings. The van der Waals surface area contributed by atoms with E-state index in [9.17, 15) is 0 Å². The maximum absolute atomic E-state index is 3.39. The van der Waals surface area contributed by atoms with Gasteiger partial charge in [0.05, 0.1) is 0 Å². The predicted octanol–water partition coefficient (Wildman–Crippen LogP) is 2.86. The second-order valence-electron chi connectivity index (χ2n) is 8.99. The van der Waals surface area contributed by atoms with Crippen LogP contribution >= 0.6 is 0 Å². The molecule has 1 unspecified atom stereocenters. The van der Waals surface area contributed by atoms with Crippen LogP contribution < -0.4 is 24.8 Å². The Morgan fingerprint density at radius 3 is 1.71 bits per heavy atom. The number of fused-ring (bicyclic) bond motifs is 3. The van der Waals surface area contributed by atoms with E-state index in [1.54, 1.807) is 27.4 Å². The Bertz CT molecular complexity index is 1220. The van der Waals surface area contributed by atoms with E-state index in [1.807, 2.05) is 6.07 Å². The summed E-state index contributed by atoms with van der Waals surface area (Å²) >= 11 is 1.69. The van der Waals surface area contributed by atoms with E-state index in [4.69, 9.17) is 0 Å². The zero-order valence-electron chi connectivity index (χ0n) is 20.5. The molecule has 0 N–H and O–H groups in total. The SMILES string of the molecule is CC1=[C-]C(C)C=C1c1ccccc1.[Cl-].[Cl-].[Zr+2]=[C]1CCCCC1.c1ccc2c(c1)[cH-]c1ccccc12. The minimum atomic E-state index is 0. The Labute approximate surface area is 238 Å². The van der Waals surface area contributed by atoms with Gasteiger partial charge in [0, 0.05) is 0 Å². The Balaban J connectivity index is 0.000000188. The smallest absolute Gasteiger partial charge is 0.0771 e. The monoisotopic (exact) mass is 576 g/mol. The fourth-order valence-corrected chi connectivity index (χ4v) is 5.52. The van der Waals surface area contributed by atoms with Gasteiger partial charge >= 0.3 is 59.5 Å². The Morgan fingerprint density at radius 2 is 1.26 bits per heavy atom. The van der Waals surface area contributed by atoms with Crippen molar-refractivity contribution in [3.8, 4) is 0 Å². The fourth-order valence-electron chi connectivity index (χ4n) is 4.65. The Hall–Kier alpha value is -1.66. The maximum Gasteiger partial charge on any atom is -0.0771 e. The van der Waals surface area contributed by atoms with Crippen molar-refractivity contribution < 1.29 is 49.0 Å². The molecule has 0 radical (unpaired) electrons. The molecule has 1 fully saturated rings. The molecule has 1 saturated carbocycles. The molecule has 0 nitrogen and oxygen atoms in total. The summed E-state index contributed by atoms with van der Waals surface area (Å²) in [6.45, 7) is 4.29. The summed E-state index contributed by atoms with van der Waals surface area (Å²) in [4.78, 5) is 0. The second kappa shape index (κ2) is 14.8. The number of hydrogen-bond acceptors (Lipinski definition) is 0. The van der Waals surface area contributed by atoms with Gasteiger partial charge in [-0.25, -0.2) is 5.57 Å². The van der Waals surface area contributed by atoms with Crippen LogP contribution in [-0.4, -0.2) is 3.21 Å². The van der Waals surface area contributed by atoms with Crippen molar-refractivity contribution >= 4 is 30.3 Å². The van der Waals surface area contributed by atoms with Gasteiger partial charge in [0.2, 0.25) is 0 Å². The van der Waals surface area contributed by atoms with Crippen LogP contribution in [0.25, 0.3) is 27.1 Å². The Kier molecular flexibility index (Phi) is 12.5. The molecule has 6 rings (SSSR count). The number of benzene rings is 3. The average molecular weight is 579 g/mol. The molecule has 4 aromatic carbocycles. The van der Waals surface area contributed by atoms with Crippen molar-refractivity contribution in [3.63, 3.8) is 0 Å². The van der Waals surface area contributed by atoms with E-state index in [2.05, 4.69) is 105 Å². The van der Waals surface area contributed by atoms with Gasteiger partial charge in [0.25, 0.3) is 0 Å². The summed E-state index contributed by atoms with van der Waals surface area (Å²) in [6.07, 6.45) is 13.0. The van der Waals surface area contributed by atoms with Crippen LogP contribution in [0.1, 0.15) is 51.5 Å². The van der Waals surface area contributed by atoms with Crippen molar-refractivity contribution in [3.05, 3.63) is 108 Å². The first kappa shape index (κ1) is 29.6. The summed E-state index contributed by atoms with van der Waals surface area (Å²) in [6, 6.07) is 29.8. The molecule has 0 heterocycles. The van der Waals surface area contributed by atoms with Crippen molar-refractivity contribution in [1.29, 1.82) is 0 Å². The third-order valence-electron chi connectivity index (χ3n) is 6.33. The molecular formula is C32H32Cl2Zr-2. The molecule has 0 amide bonds. The molecular weight excluding hydrogens is 546 g/mol. The number of allylic oxidation sites excluding steroid dienone is 4. The number of rotatable bonds is 1. The molecule has 0 aliphatic heterocycles. The van der Waals surface area contributed by atoms with Crippen molar-refractivity contribution in [2.24, 2.45) is 5.92 Å². The van der Waals surface area contributed by atoms with Gasteiger partial charge in [0.1, 0.15) is 0 Å². The summed E-state index contributed by atoms with van der Waals surface area (Å²) in [5, 5.41) is 5.39. The third kappa shape index (κ3) is 8.18. The van der Waals surface area contributed by atoms with Crippen molar-refractivity contribution in [2.45, 2.75) is 46.0 Å². The molecule has 2 aliphatic carbocycles. The van der Waals surface area contributed by atoms with Gasteiger partial charge < -0.3 is 24.8 Å². The summed E-state index contributed by atoms with van der Waals surface area (Å²) < 4.78 is 1.80. The normalized spacial score (nSPS) is 16.6. The summed E-state index contributed by atoms with van der Waals surface area (Å²) in [7, 11) is 0. The first-order valence-corrected chi connectivity index (χ1v) is 13.3. The summed E-state index contributed by atoms with van der Waals surface area (Å²) in [5.41, 5.74) is 3.92. The van der Waals surface area contributed by atoms with E-state index in [-0.39, 0.29) is 24.8 Å². The van der Waals surface area contributed by atoms with Crippen LogP contribution in [0.4, 0.5) is 0 Å². The zero-order chi connectivity index (χ0) is 23.0. The van der Waals surface area contributed by atoms with Crippen molar-refractivity contribution in [2.75, 3.05) is 0 Å². The van der Waals surface area contributed by atoms with Gasteiger partial charge in [-0.1, -0.05) is 86.5 Å². The first-order chi connectivity index (χ1) is 16.1. The van der Waals surface area contributed by atoms with Crippen LogP contribution in [0.3, 0.4) is 0 Å². The predicted molar refractivity (Wildman–Crippen MR) is 141 cm³/mol. The molecule has 35 heavy (non-hydrogen) atoms. The molecule has 0 spiro atoms. The topological polar surface area (TPSA) is 0 Å². The largest absolute Gasteiger partial charge is 0.126 e. The van der Waals surface area contributed by atoms with Crippen LogP contribution in [0, 0.1) is 12.0 Å². The van der Waals surface area contributed by atoms with Crippen LogP contribution in [0.2, 0.25) is 0 Å². The molecule has 4 aromatic rings. The van der Waals surface area contributed by atoms with Gasteiger partial charge in [-0.05, 0) is 0 Å². The van der Waals surface area contributed by atoms with Gasteiger partial charge in [-0.2, -0.15) is 11.6 Å². The van der Waals surface area contributed by atoms with E-state index in [0.717, 1.165) is 0 Å². The van der Waals surface area contributed by atoms with Gasteiger partial charge in [0.15, 0.2) is 0 Å². The van der Waals surface area contributed by atoms with E-state index in [1.165, 1.54) is 70.4 Å². The third-order valence-corrected chi connectivity index (χ3v) is 7.56. The average Bonchev–Trinajstić information content (AvgIpc) is 3.40. The van der Waals surface area contributed by atoms with Crippen LogP contribution in [0.15, 0.2) is 96.6 Å². The quantitative estimate of drug-likeness (QED) is 0.305. The van der Waals surface area contributed by atoms with E-state index in [0.29, 0.717) is 5.92 Å². The molecule has 3 heteroatoms. The maximum atomic E-state index is 3.39. The first-order valence-electron chi connectivity index (χ1n) is 12.1. The zero-order valence-corrected chi connectivity index (χ0v) is 24.5. The molecule has 180 valence electrons. The minimum absolute atomic E-state index is 0. The van der Waals surface area contributed by atoms with Crippen molar-refractivity contribution in [1.82, 2.24) is 0 Å². The van der Waals surface area contributed by atoms with E-state index < -0.39 is 0 Å². The second-order valence-corrected chi connectivity index (χ2v) is 10.7. The molecule has 0 aromatic heterocycles. The van der Waals surface area contributed by atoms with Crippen LogP contribution in [-0.2, 0) is 24.2 Å². The Morgan fingerprint density at radius 1 is 0.743 bits per heavy atom. The molecule has 0 bridgehead atoms. The minimum Gasteiger partial charge on any atom is -0.126 e. The van der Waals surface area contributed by atoms with Gasteiger partial charge in [-0.15, -0.1) is 45.3 Å². The number of halogens is 2. The molecule has 1 atom stereocenters. The number of hydrogen-bond donors (Lipinski definition) is 0. The van der Waals surface area contributed by atoms with E-state index >= 15 is 0 Å². The molecule has 0 saturated heterocycles. The van der Waals surface area contributed by atoms with Crippen LogP contribution in [0.5, 0.6) is 0 Å². The van der Waals surface area contributed by atoms with Gasteiger partial charge in [-0.3, -0.25) is 6.08 Å².